The van der Waals surface area contributed by atoms with Crippen LogP contribution in [0.1, 0.15) is 22.8 Å². The van der Waals surface area contributed by atoms with Crippen molar-refractivity contribution in [2.75, 3.05) is 20.8 Å². The molecule has 0 aromatic heterocycles. The summed E-state index contributed by atoms with van der Waals surface area (Å²) in [6.07, 6.45) is 2.86. The Balaban J connectivity index is 2.31. The first-order valence-corrected chi connectivity index (χ1v) is 7.85. The molecule has 2 rings (SSSR count). The fraction of sp³-hybridized carbons (Fsp3) is 0.211. The number of allylic oxidation sites excluding steroid dienone is 1. The molecule has 0 amide bonds. The van der Waals surface area contributed by atoms with Gasteiger partial charge in [0.15, 0.2) is 17.3 Å². The first-order valence-electron chi connectivity index (χ1n) is 7.85. The standard InChI is InChI=1S/C19H19NO6/c1-4-26-14-8-5-13(6-9-14)7-10-17(21)15-11-18(24-2)19(25-3)12-16(15)20(22)23/h5-12H,4H2,1-3H3. The van der Waals surface area contributed by atoms with Crippen LogP contribution < -0.4 is 14.2 Å². The van der Waals surface area contributed by atoms with Crippen LogP contribution in [0.3, 0.4) is 0 Å². The van der Waals surface area contributed by atoms with Crippen LogP contribution in [-0.2, 0) is 0 Å². The van der Waals surface area contributed by atoms with Gasteiger partial charge in [0.1, 0.15) is 11.3 Å². The number of carbonyl (C=O) groups is 1. The zero-order valence-corrected chi connectivity index (χ0v) is 14.7. The van der Waals surface area contributed by atoms with Crippen molar-refractivity contribution in [3.05, 3.63) is 63.7 Å². The van der Waals surface area contributed by atoms with E-state index >= 15 is 0 Å². The summed E-state index contributed by atoms with van der Waals surface area (Å²) >= 11 is 0. The quantitative estimate of drug-likeness (QED) is 0.308. The van der Waals surface area contributed by atoms with E-state index in [1.807, 2.05) is 6.92 Å². The molecule has 0 atom stereocenters. The van der Waals surface area contributed by atoms with Gasteiger partial charge >= 0.3 is 0 Å². The number of hydrogen-bond donors (Lipinski definition) is 0. The summed E-state index contributed by atoms with van der Waals surface area (Å²) in [5.41, 5.74) is 0.351. The van der Waals surface area contributed by atoms with E-state index in [-0.39, 0.29) is 22.7 Å². The van der Waals surface area contributed by atoms with Gasteiger partial charge < -0.3 is 14.2 Å². The SMILES string of the molecule is CCOc1ccc(C=CC(=O)c2cc(OC)c(OC)cc2[N+](=O)[O-])cc1. The summed E-state index contributed by atoms with van der Waals surface area (Å²) in [5.74, 6) is 0.653. The molecule has 0 unspecified atom stereocenters. The Morgan fingerprint density at radius 3 is 2.27 bits per heavy atom. The summed E-state index contributed by atoms with van der Waals surface area (Å²) in [7, 11) is 2.77. The first kappa shape index (κ1) is 19.0. The summed E-state index contributed by atoms with van der Waals surface area (Å²) < 4.78 is 15.5. The summed E-state index contributed by atoms with van der Waals surface area (Å²) in [6, 6.07) is 9.63. The van der Waals surface area contributed by atoms with Crippen molar-refractivity contribution in [2.24, 2.45) is 0 Å². The number of carbonyl (C=O) groups excluding carboxylic acids is 1. The van der Waals surface area contributed by atoms with Gasteiger partial charge in [-0.05, 0) is 30.7 Å². The number of ether oxygens (including phenoxy) is 3. The Hall–Kier alpha value is -3.35. The molecule has 0 spiro atoms. The van der Waals surface area contributed by atoms with Crippen molar-refractivity contribution in [1.82, 2.24) is 0 Å². The Kier molecular flexibility index (Phi) is 6.32. The van der Waals surface area contributed by atoms with Gasteiger partial charge in [-0.1, -0.05) is 18.2 Å². The Morgan fingerprint density at radius 2 is 1.73 bits per heavy atom. The number of benzene rings is 2. The van der Waals surface area contributed by atoms with Crippen molar-refractivity contribution in [2.45, 2.75) is 6.92 Å². The van der Waals surface area contributed by atoms with E-state index in [1.165, 1.54) is 32.4 Å². The molecular weight excluding hydrogens is 338 g/mol. The summed E-state index contributed by atoms with van der Waals surface area (Å²) in [5, 5.41) is 11.3. The Labute approximate surface area is 151 Å². The second-order valence-electron chi connectivity index (χ2n) is 5.18. The fourth-order valence-corrected chi connectivity index (χ4v) is 2.32. The van der Waals surface area contributed by atoms with Gasteiger partial charge in [0.25, 0.3) is 5.69 Å². The molecule has 136 valence electrons. The average molecular weight is 357 g/mol. The van der Waals surface area contributed by atoms with E-state index in [4.69, 9.17) is 14.2 Å². The van der Waals surface area contributed by atoms with Crippen LogP contribution in [-0.4, -0.2) is 31.5 Å². The molecule has 0 aliphatic rings. The molecular formula is C19H19NO6. The number of nitrogens with zero attached hydrogens (tertiary/aromatic N) is 1. The van der Waals surface area contributed by atoms with Crippen LogP contribution in [0.5, 0.6) is 17.2 Å². The smallest absolute Gasteiger partial charge is 0.284 e. The Bertz CT molecular complexity index is 827. The normalized spacial score (nSPS) is 10.6. The zero-order chi connectivity index (χ0) is 19.1. The topological polar surface area (TPSA) is 87.9 Å². The molecule has 2 aromatic rings. The summed E-state index contributed by atoms with van der Waals surface area (Å²) in [6.45, 7) is 2.46. The van der Waals surface area contributed by atoms with Crippen LogP contribution in [0.4, 0.5) is 5.69 Å². The molecule has 0 fully saturated rings. The van der Waals surface area contributed by atoms with Crippen LogP contribution in [0.2, 0.25) is 0 Å². The van der Waals surface area contributed by atoms with Gasteiger partial charge in [0.05, 0.1) is 31.8 Å². The van der Waals surface area contributed by atoms with E-state index in [0.717, 1.165) is 11.3 Å². The van der Waals surface area contributed by atoms with E-state index in [0.29, 0.717) is 6.61 Å². The molecule has 2 aromatic carbocycles. The molecule has 7 heteroatoms. The minimum Gasteiger partial charge on any atom is -0.494 e. The van der Waals surface area contributed by atoms with Gasteiger partial charge in [0, 0.05) is 6.07 Å². The van der Waals surface area contributed by atoms with Crippen molar-refractivity contribution >= 4 is 17.5 Å². The summed E-state index contributed by atoms with van der Waals surface area (Å²) in [4.78, 5) is 23.1. The molecule has 0 radical (unpaired) electrons. The van der Waals surface area contributed by atoms with E-state index in [2.05, 4.69) is 0 Å². The molecule has 7 nitrogen and oxygen atoms in total. The molecule has 0 saturated carbocycles. The lowest BCUT2D eigenvalue weighted by Gasteiger charge is -2.09. The van der Waals surface area contributed by atoms with Gasteiger partial charge in [0.2, 0.25) is 0 Å². The molecule has 0 saturated heterocycles. The van der Waals surface area contributed by atoms with Gasteiger partial charge in [-0.15, -0.1) is 0 Å². The van der Waals surface area contributed by atoms with Crippen LogP contribution in [0.15, 0.2) is 42.5 Å². The Morgan fingerprint density at radius 1 is 1.12 bits per heavy atom. The second kappa shape index (κ2) is 8.66. The van der Waals surface area contributed by atoms with Crippen molar-refractivity contribution < 1.29 is 23.9 Å². The predicted molar refractivity (Wildman–Crippen MR) is 97.2 cm³/mol. The highest BCUT2D eigenvalue weighted by atomic mass is 16.6. The third-order valence-corrected chi connectivity index (χ3v) is 3.58. The number of methoxy groups -OCH3 is 2. The van der Waals surface area contributed by atoms with E-state index in [9.17, 15) is 14.9 Å². The maximum atomic E-state index is 12.5. The van der Waals surface area contributed by atoms with Crippen molar-refractivity contribution in [1.29, 1.82) is 0 Å². The third kappa shape index (κ3) is 4.38. The van der Waals surface area contributed by atoms with Crippen molar-refractivity contribution in [3.8, 4) is 17.2 Å². The highest BCUT2D eigenvalue weighted by molar-refractivity contribution is 6.10. The number of hydrogen-bond acceptors (Lipinski definition) is 6. The highest BCUT2D eigenvalue weighted by Crippen LogP contribution is 2.34. The van der Waals surface area contributed by atoms with E-state index in [1.54, 1.807) is 30.3 Å². The maximum Gasteiger partial charge on any atom is 0.284 e. The lowest BCUT2D eigenvalue weighted by Crippen LogP contribution is -2.03. The minimum absolute atomic E-state index is 0.0742. The average Bonchev–Trinajstić information content (AvgIpc) is 2.66. The molecule has 0 N–H and O–H groups in total. The van der Waals surface area contributed by atoms with E-state index < -0.39 is 10.7 Å². The highest BCUT2D eigenvalue weighted by Gasteiger charge is 2.23. The molecule has 0 aliphatic heterocycles. The third-order valence-electron chi connectivity index (χ3n) is 3.58. The fourth-order valence-electron chi connectivity index (χ4n) is 2.32. The zero-order valence-electron chi connectivity index (χ0n) is 14.7. The maximum absolute atomic E-state index is 12.5. The predicted octanol–water partition coefficient (Wildman–Crippen LogP) is 3.91. The lowest BCUT2D eigenvalue weighted by molar-refractivity contribution is -0.385. The van der Waals surface area contributed by atoms with Crippen LogP contribution >= 0.6 is 0 Å². The van der Waals surface area contributed by atoms with Gasteiger partial charge in [-0.25, -0.2) is 0 Å². The monoisotopic (exact) mass is 357 g/mol. The molecule has 26 heavy (non-hydrogen) atoms. The number of ketones is 1. The molecule has 0 aliphatic carbocycles. The largest absolute Gasteiger partial charge is 0.494 e. The lowest BCUT2D eigenvalue weighted by atomic mass is 10.1. The number of nitro groups is 1. The molecule has 0 bridgehead atoms. The number of nitro benzene ring substituents is 1. The second-order valence-corrected chi connectivity index (χ2v) is 5.18. The first-order chi connectivity index (χ1) is 12.5. The minimum atomic E-state index is -0.625. The van der Waals surface area contributed by atoms with Crippen LogP contribution in [0.25, 0.3) is 6.08 Å². The van der Waals surface area contributed by atoms with Crippen molar-refractivity contribution in [3.63, 3.8) is 0 Å². The van der Waals surface area contributed by atoms with Gasteiger partial charge in [-0.2, -0.15) is 0 Å². The number of rotatable bonds is 8. The van der Waals surface area contributed by atoms with Gasteiger partial charge in [-0.3, -0.25) is 14.9 Å². The molecule has 0 heterocycles. The van der Waals surface area contributed by atoms with Crippen LogP contribution in [0, 0.1) is 10.1 Å².